The number of carbonyl (C=O) groups excluding carboxylic acids is 2. The van der Waals surface area contributed by atoms with E-state index in [0.717, 1.165) is 51.4 Å². The largest absolute Gasteiger partial charge is 0.466 e. The quantitative estimate of drug-likeness (QED) is 0.0321. The van der Waals surface area contributed by atoms with E-state index in [2.05, 4.69) is 43.5 Å². The summed E-state index contributed by atoms with van der Waals surface area (Å²) in [6, 6.07) is -0.544. The molecule has 63 heavy (non-hydrogen) atoms. The van der Waals surface area contributed by atoms with E-state index in [-0.39, 0.29) is 18.5 Å². The molecule has 0 aromatic heterocycles. The molecule has 0 aromatic carbocycles. The van der Waals surface area contributed by atoms with Crippen LogP contribution < -0.4 is 5.32 Å². The van der Waals surface area contributed by atoms with Crippen LogP contribution in [0, 0.1) is 0 Å². The monoisotopic (exact) mass is 888 g/mol. The normalized spacial score (nSPS) is 12.8. The van der Waals surface area contributed by atoms with Crippen LogP contribution in [-0.2, 0) is 14.3 Å². The fourth-order valence-electron chi connectivity index (χ4n) is 8.67. The summed E-state index contributed by atoms with van der Waals surface area (Å²) < 4.78 is 5.48. The molecule has 0 bridgehead atoms. The Balaban J connectivity index is 3.40. The van der Waals surface area contributed by atoms with Gasteiger partial charge in [-0.2, -0.15) is 0 Å². The van der Waals surface area contributed by atoms with Gasteiger partial charge in [0.25, 0.3) is 0 Å². The number of nitrogens with one attached hydrogen (secondary N) is 1. The van der Waals surface area contributed by atoms with Crippen LogP contribution in [0.3, 0.4) is 0 Å². The van der Waals surface area contributed by atoms with Crippen LogP contribution in [0.25, 0.3) is 0 Å². The first-order valence-electron chi connectivity index (χ1n) is 28.1. The zero-order valence-electron chi connectivity index (χ0n) is 42.3. The van der Waals surface area contributed by atoms with E-state index in [9.17, 15) is 19.8 Å². The van der Waals surface area contributed by atoms with Crippen LogP contribution in [0.2, 0.25) is 0 Å². The lowest BCUT2D eigenvalue weighted by Gasteiger charge is -2.22. The van der Waals surface area contributed by atoms with E-state index in [1.54, 1.807) is 0 Å². The average Bonchev–Trinajstić information content (AvgIpc) is 3.28. The molecule has 0 radical (unpaired) electrons. The maximum Gasteiger partial charge on any atom is 0.305 e. The third kappa shape index (κ3) is 49.6. The summed E-state index contributed by atoms with van der Waals surface area (Å²) in [4.78, 5) is 24.5. The Morgan fingerprint density at radius 3 is 1.24 bits per heavy atom. The number of hydrogen-bond acceptors (Lipinski definition) is 5. The van der Waals surface area contributed by atoms with Gasteiger partial charge in [0.1, 0.15) is 0 Å². The summed E-state index contributed by atoms with van der Waals surface area (Å²) in [7, 11) is 0. The van der Waals surface area contributed by atoms with Crippen molar-refractivity contribution in [3.05, 3.63) is 24.3 Å². The van der Waals surface area contributed by atoms with E-state index in [0.29, 0.717) is 25.9 Å². The molecule has 1 amide bonds. The Bertz CT molecular complexity index is 982. The number of aliphatic hydroxyl groups excluding tert-OH is 2. The van der Waals surface area contributed by atoms with Crippen molar-refractivity contribution in [3.8, 4) is 0 Å². The summed E-state index contributed by atoms with van der Waals surface area (Å²) in [5.74, 6) is -0.0429. The van der Waals surface area contributed by atoms with Crippen LogP contribution in [0.1, 0.15) is 303 Å². The van der Waals surface area contributed by atoms with Gasteiger partial charge in [-0.1, -0.05) is 256 Å². The van der Waals surface area contributed by atoms with Crippen LogP contribution in [-0.4, -0.2) is 47.4 Å². The van der Waals surface area contributed by atoms with Gasteiger partial charge in [0.05, 0.1) is 25.4 Å². The van der Waals surface area contributed by atoms with Gasteiger partial charge in [0.2, 0.25) is 5.91 Å². The van der Waals surface area contributed by atoms with E-state index in [4.69, 9.17) is 4.74 Å². The lowest BCUT2D eigenvalue weighted by molar-refractivity contribution is -0.143. The lowest BCUT2D eigenvalue weighted by Crippen LogP contribution is -2.45. The molecule has 2 unspecified atom stereocenters. The minimum Gasteiger partial charge on any atom is -0.466 e. The highest BCUT2D eigenvalue weighted by Gasteiger charge is 2.20. The summed E-state index contributed by atoms with van der Waals surface area (Å²) in [6.45, 7) is 4.92. The fourth-order valence-corrected chi connectivity index (χ4v) is 8.67. The third-order valence-electron chi connectivity index (χ3n) is 13.0. The summed E-state index contributed by atoms with van der Waals surface area (Å²) in [6.07, 6.45) is 63.0. The molecule has 0 fully saturated rings. The number of carbonyl (C=O) groups is 2. The second-order valence-corrected chi connectivity index (χ2v) is 19.3. The van der Waals surface area contributed by atoms with Gasteiger partial charge in [-0.15, -0.1) is 0 Å². The van der Waals surface area contributed by atoms with Gasteiger partial charge in [-0.3, -0.25) is 9.59 Å². The lowest BCUT2D eigenvalue weighted by atomic mass is 10.0. The van der Waals surface area contributed by atoms with Crippen molar-refractivity contribution in [1.82, 2.24) is 5.32 Å². The minimum atomic E-state index is -0.667. The van der Waals surface area contributed by atoms with Crippen LogP contribution in [0.4, 0.5) is 0 Å². The first-order valence-corrected chi connectivity index (χ1v) is 28.1. The predicted octanol–water partition coefficient (Wildman–Crippen LogP) is 17.1. The molecule has 0 saturated heterocycles. The van der Waals surface area contributed by atoms with Crippen molar-refractivity contribution in [2.75, 3.05) is 13.2 Å². The van der Waals surface area contributed by atoms with Crippen molar-refractivity contribution in [3.63, 3.8) is 0 Å². The molecule has 0 aliphatic carbocycles. The SMILES string of the molecule is CCCCC/C=C\C/C=C\CCCCCCCCCC(=O)OCCCCCCCCCCCCCCCCCCCC(=O)NC(CO)C(O)CCCCCCCCCCCCCC. The molecule has 6 heteroatoms. The standard InChI is InChI=1S/C57H109NO5/c1-3-5-7-9-11-13-15-17-18-20-24-27-31-35-39-43-47-51-57(62)63-52-48-44-40-36-32-28-25-22-19-21-23-26-30-34-38-42-46-50-56(61)58-54(53-59)55(60)49-45-41-37-33-29-16-14-12-10-8-6-4-2/h11,13,17-18,54-55,59-60H,3-10,12,14-16,19-53H2,1-2H3,(H,58,61)/b13-11-,18-17-. The molecule has 3 N–H and O–H groups in total. The average molecular weight is 889 g/mol. The van der Waals surface area contributed by atoms with E-state index >= 15 is 0 Å². The highest BCUT2D eigenvalue weighted by Crippen LogP contribution is 2.17. The predicted molar refractivity (Wildman–Crippen MR) is 273 cm³/mol. The van der Waals surface area contributed by atoms with Gasteiger partial charge in [-0.05, 0) is 57.8 Å². The summed E-state index contributed by atoms with van der Waals surface area (Å²) in [5, 5.41) is 23.2. The van der Waals surface area contributed by atoms with E-state index in [1.807, 2.05) is 0 Å². The Morgan fingerprint density at radius 2 is 0.794 bits per heavy atom. The first-order chi connectivity index (χ1) is 31.0. The Kier molecular flexibility index (Phi) is 51.6. The number of hydrogen-bond donors (Lipinski definition) is 3. The Hall–Kier alpha value is -1.66. The molecule has 0 aliphatic rings. The fraction of sp³-hybridized carbons (Fsp3) is 0.895. The van der Waals surface area contributed by atoms with Gasteiger partial charge < -0.3 is 20.3 Å². The molecule has 2 atom stereocenters. The van der Waals surface area contributed by atoms with E-state index in [1.165, 1.54) is 218 Å². The molecule has 0 spiro atoms. The molecule has 6 nitrogen and oxygen atoms in total. The number of unbranched alkanes of at least 4 members (excludes halogenated alkanes) is 37. The smallest absolute Gasteiger partial charge is 0.305 e. The molecule has 372 valence electrons. The number of allylic oxidation sites excluding steroid dienone is 4. The Labute approximate surface area is 392 Å². The molecule has 0 heterocycles. The van der Waals surface area contributed by atoms with Gasteiger partial charge in [-0.25, -0.2) is 0 Å². The zero-order chi connectivity index (χ0) is 45.8. The van der Waals surface area contributed by atoms with Crippen LogP contribution in [0.5, 0.6) is 0 Å². The highest BCUT2D eigenvalue weighted by molar-refractivity contribution is 5.76. The molecule has 0 saturated carbocycles. The maximum absolute atomic E-state index is 12.4. The molecule has 0 rings (SSSR count). The number of esters is 1. The topological polar surface area (TPSA) is 95.9 Å². The van der Waals surface area contributed by atoms with Crippen molar-refractivity contribution in [2.45, 2.75) is 315 Å². The molecular formula is C57H109NO5. The highest BCUT2D eigenvalue weighted by atomic mass is 16.5. The van der Waals surface area contributed by atoms with Crippen molar-refractivity contribution in [1.29, 1.82) is 0 Å². The van der Waals surface area contributed by atoms with Gasteiger partial charge in [0, 0.05) is 12.8 Å². The first kappa shape index (κ1) is 61.3. The van der Waals surface area contributed by atoms with Crippen molar-refractivity contribution < 1.29 is 24.5 Å². The molecular weight excluding hydrogens is 779 g/mol. The zero-order valence-corrected chi connectivity index (χ0v) is 42.3. The number of rotatable bonds is 52. The van der Waals surface area contributed by atoms with Crippen molar-refractivity contribution in [2.24, 2.45) is 0 Å². The number of ether oxygens (including phenoxy) is 1. The second-order valence-electron chi connectivity index (χ2n) is 19.3. The minimum absolute atomic E-state index is 0.00231. The summed E-state index contributed by atoms with van der Waals surface area (Å²) >= 11 is 0. The molecule has 0 aliphatic heterocycles. The number of amides is 1. The van der Waals surface area contributed by atoms with Gasteiger partial charge >= 0.3 is 5.97 Å². The number of aliphatic hydroxyl groups is 2. The van der Waals surface area contributed by atoms with Gasteiger partial charge in [0.15, 0.2) is 0 Å². The second kappa shape index (κ2) is 53.0. The van der Waals surface area contributed by atoms with Crippen LogP contribution in [0.15, 0.2) is 24.3 Å². The maximum atomic E-state index is 12.4. The Morgan fingerprint density at radius 1 is 0.444 bits per heavy atom. The summed E-state index contributed by atoms with van der Waals surface area (Å²) in [5.41, 5.74) is 0. The van der Waals surface area contributed by atoms with Crippen LogP contribution >= 0.6 is 0 Å². The molecule has 0 aromatic rings. The van der Waals surface area contributed by atoms with Crippen molar-refractivity contribution >= 4 is 11.9 Å². The third-order valence-corrected chi connectivity index (χ3v) is 13.0. The van der Waals surface area contributed by atoms with E-state index < -0.39 is 12.1 Å².